The molecule has 0 aliphatic heterocycles. The molecule has 0 aliphatic carbocycles. The predicted molar refractivity (Wildman–Crippen MR) is 107 cm³/mol. The van der Waals surface area contributed by atoms with Crippen LogP contribution < -0.4 is 4.72 Å². The molecule has 160 valence electrons. The molecule has 3 aromatic rings. The van der Waals surface area contributed by atoms with Crippen molar-refractivity contribution >= 4 is 43.2 Å². The van der Waals surface area contributed by atoms with Gasteiger partial charge in [0.1, 0.15) is 27.8 Å². The molecule has 0 amide bonds. The van der Waals surface area contributed by atoms with Crippen LogP contribution in [0.2, 0.25) is 10.0 Å². The van der Waals surface area contributed by atoms with Crippen molar-refractivity contribution in [1.82, 2.24) is 13.7 Å². The second-order valence-corrected chi connectivity index (χ2v) is 10.4. The highest BCUT2D eigenvalue weighted by Crippen LogP contribution is 2.25. The van der Waals surface area contributed by atoms with Crippen LogP contribution in [0.3, 0.4) is 0 Å². The van der Waals surface area contributed by atoms with E-state index in [0.717, 1.165) is 46.7 Å². The van der Waals surface area contributed by atoms with Gasteiger partial charge in [0.25, 0.3) is 10.0 Å². The van der Waals surface area contributed by atoms with E-state index in [9.17, 15) is 25.6 Å². The van der Waals surface area contributed by atoms with Crippen LogP contribution >= 0.6 is 23.2 Å². The van der Waals surface area contributed by atoms with Crippen LogP contribution in [-0.4, -0.2) is 32.3 Å². The summed E-state index contributed by atoms with van der Waals surface area (Å²) in [6.45, 7) is -0.121. The minimum Gasteiger partial charge on any atom is -0.241 e. The predicted octanol–water partition coefficient (Wildman–Crippen LogP) is 3.23. The Morgan fingerprint density at radius 3 is 2.07 bits per heavy atom. The summed E-state index contributed by atoms with van der Waals surface area (Å²) in [6, 6.07) is 5.76. The quantitative estimate of drug-likeness (QED) is 0.542. The van der Waals surface area contributed by atoms with E-state index in [4.69, 9.17) is 23.2 Å². The second-order valence-electron chi connectivity index (χ2n) is 6.00. The van der Waals surface area contributed by atoms with Gasteiger partial charge in [-0.15, -0.1) is 0 Å². The molecule has 2 aromatic carbocycles. The zero-order valence-electron chi connectivity index (χ0n) is 14.9. The fraction of sp³-hybridized carbons (Fsp3) is 0.118. The minimum absolute atomic E-state index is 0.0533. The molecule has 1 heterocycles. The third-order valence-corrected chi connectivity index (χ3v) is 7.95. The number of halogens is 4. The molecule has 1 aromatic heterocycles. The van der Waals surface area contributed by atoms with Gasteiger partial charge >= 0.3 is 0 Å². The molecule has 0 unspecified atom stereocenters. The van der Waals surface area contributed by atoms with Crippen LogP contribution in [0.15, 0.2) is 58.7 Å². The van der Waals surface area contributed by atoms with Gasteiger partial charge < -0.3 is 0 Å². The highest BCUT2D eigenvalue weighted by atomic mass is 35.5. The van der Waals surface area contributed by atoms with E-state index in [1.54, 1.807) is 0 Å². The van der Waals surface area contributed by atoms with Gasteiger partial charge in [0.2, 0.25) is 10.0 Å². The van der Waals surface area contributed by atoms with E-state index >= 15 is 0 Å². The first kappa shape index (κ1) is 22.6. The van der Waals surface area contributed by atoms with Gasteiger partial charge in [0.05, 0.1) is 15.7 Å². The molecule has 0 atom stereocenters. The van der Waals surface area contributed by atoms with Crippen LogP contribution in [0.1, 0.15) is 5.69 Å². The summed E-state index contributed by atoms with van der Waals surface area (Å²) in [6.07, 6.45) is 2.27. The molecule has 30 heavy (non-hydrogen) atoms. The number of benzene rings is 2. The first-order valence-electron chi connectivity index (χ1n) is 8.19. The molecule has 0 saturated carbocycles. The van der Waals surface area contributed by atoms with Crippen molar-refractivity contribution < 1.29 is 25.6 Å². The maximum atomic E-state index is 13.2. The van der Waals surface area contributed by atoms with Crippen molar-refractivity contribution in [2.45, 2.75) is 16.2 Å². The number of nitrogens with one attached hydrogen (secondary N) is 1. The average Bonchev–Trinajstić information content (AvgIpc) is 3.10. The van der Waals surface area contributed by atoms with E-state index in [-0.39, 0.29) is 38.5 Å². The monoisotopic (exact) mass is 495 g/mol. The third kappa shape index (κ3) is 4.81. The van der Waals surface area contributed by atoms with Crippen molar-refractivity contribution in [3.63, 3.8) is 0 Å². The molecular weight excluding hydrogens is 483 g/mol. The topological polar surface area (TPSA) is 98.1 Å². The second kappa shape index (κ2) is 8.60. The van der Waals surface area contributed by atoms with Crippen molar-refractivity contribution in [1.29, 1.82) is 0 Å². The molecule has 0 saturated heterocycles. The summed E-state index contributed by atoms with van der Waals surface area (Å²) in [5.74, 6) is -1.36. The van der Waals surface area contributed by atoms with E-state index in [1.165, 1.54) is 6.20 Å². The first-order chi connectivity index (χ1) is 14.0. The Kier molecular flexibility index (Phi) is 6.48. The zero-order chi connectivity index (χ0) is 22.1. The Labute approximate surface area is 181 Å². The maximum absolute atomic E-state index is 13.2. The third-order valence-electron chi connectivity index (χ3n) is 3.92. The Balaban J connectivity index is 1.71. The number of hydrogen-bond donors (Lipinski definition) is 1. The summed E-state index contributed by atoms with van der Waals surface area (Å²) in [5, 5.41) is -0.553. The lowest BCUT2D eigenvalue weighted by molar-refractivity contribution is 0.579. The summed E-state index contributed by atoms with van der Waals surface area (Å²) in [5.41, 5.74) is 0.268. The van der Waals surface area contributed by atoms with E-state index in [1.807, 2.05) is 0 Å². The molecular formula is C17H13Cl2F2N3O4S2. The van der Waals surface area contributed by atoms with Gasteiger partial charge in [0, 0.05) is 19.2 Å². The molecule has 0 bridgehead atoms. The number of sulfonamides is 1. The van der Waals surface area contributed by atoms with Gasteiger partial charge in [-0.3, -0.25) is 0 Å². The minimum atomic E-state index is -4.11. The number of rotatable bonds is 7. The zero-order valence-corrected chi connectivity index (χ0v) is 18.0. The lowest BCUT2D eigenvalue weighted by atomic mass is 10.3. The summed E-state index contributed by atoms with van der Waals surface area (Å²) < 4.78 is 79.1. The Bertz CT molecular complexity index is 1310. The van der Waals surface area contributed by atoms with Crippen LogP contribution in [0, 0.1) is 11.6 Å². The smallest absolute Gasteiger partial charge is 0.241 e. The SMILES string of the molecule is O=S(=O)(NCCc1cn(S(=O)(=O)c2ccc(F)cc2Cl)cn1)c1ccc(F)cc1Cl. The summed E-state index contributed by atoms with van der Waals surface area (Å²) >= 11 is 11.6. The van der Waals surface area contributed by atoms with Crippen molar-refractivity contribution in [3.8, 4) is 0 Å². The maximum Gasteiger partial charge on any atom is 0.270 e. The Hall–Kier alpha value is -2.05. The largest absolute Gasteiger partial charge is 0.270 e. The molecule has 7 nitrogen and oxygen atoms in total. The average molecular weight is 496 g/mol. The van der Waals surface area contributed by atoms with Gasteiger partial charge in [0.15, 0.2) is 0 Å². The van der Waals surface area contributed by atoms with Crippen LogP contribution in [0.5, 0.6) is 0 Å². The standard InChI is InChI=1S/C17H13Cl2F2N3O4S2/c18-14-7-11(20)1-3-16(14)29(25,26)23-6-5-13-9-24(10-22-13)30(27,28)17-4-2-12(21)8-15(17)19/h1-4,7-10,23H,5-6H2. The molecule has 0 fully saturated rings. The van der Waals surface area contributed by atoms with Crippen LogP contribution in [0.25, 0.3) is 0 Å². The van der Waals surface area contributed by atoms with Crippen LogP contribution in [0.4, 0.5) is 8.78 Å². The van der Waals surface area contributed by atoms with Crippen molar-refractivity contribution in [3.05, 3.63) is 76.3 Å². The molecule has 0 aliphatic rings. The van der Waals surface area contributed by atoms with Gasteiger partial charge in [-0.2, -0.15) is 0 Å². The fourth-order valence-corrected chi connectivity index (χ4v) is 5.71. The molecule has 0 spiro atoms. The van der Waals surface area contributed by atoms with Crippen molar-refractivity contribution in [2.75, 3.05) is 6.54 Å². The Morgan fingerprint density at radius 2 is 1.50 bits per heavy atom. The highest BCUT2D eigenvalue weighted by Gasteiger charge is 2.22. The number of nitrogens with zero attached hydrogens (tertiary/aromatic N) is 2. The lowest BCUT2D eigenvalue weighted by Crippen LogP contribution is -2.26. The molecule has 13 heteroatoms. The normalized spacial score (nSPS) is 12.3. The molecule has 0 radical (unpaired) electrons. The van der Waals surface area contributed by atoms with Crippen molar-refractivity contribution in [2.24, 2.45) is 0 Å². The van der Waals surface area contributed by atoms with E-state index in [0.29, 0.717) is 0 Å². The van der Waals surface area contributed by atoms with Gasteiger partial charge in [-0.25, -0.2) is 39.3 Å². The number of imidazole rings is 1. The first-order valence-corrected chi connectivity index (χ1v) is 11.9. The summed E-state index contributed by atoms with van der Waals surface area (Å²) in [4.78, 5) is 3.34. The van der Waals surface area contributed by atoms with Crippen LogP contribution in [-0.2, 0) is 26.5 Å². The van der Waals surface area contributed by atoms with Gasteiger partial charge in [-0.1, -0.05) is 23.2 Å². The fourth-order valence-electron chi connectivity index (χ4n) is 2.49. The Morgan fingerprint density at radius 1 is 0.933 bits per heavy atom. The number of hydrogen-bond acceptors (Lipinski definition) is 5. The van der Waals surface area contributed by atoms with Gasteiger partial charge in [-0.05, 0) is 36.4 Å². The van der Waals surface area contributed by atoms with E-state index < -0.39 is 31.7 Å². The van der Waals surface area contributed by atoms with E-state index in [2.05, 4.69) is 9.71 Å². The highest BCUT2D eigenvalue weighted by molar-refractivity contribution is 7.90. The molecule has 3 rings (SSSR count). The molecule has 1 N–H and O–H groups in total. The summed E-state index contributed by atoms with van der Waals surface area (Å²) in [7, 11) is -8.11. The lowest BCUT2D eigenvalue weighted by Gasteiger charge is -2.08. The number of aromatic nitrogens is 2.